The van der Waals surface area contributed by atoms with Crippen molar-refractivity contribution in [1.29, 1.82) is 0 Å². The minimum atomic E-state index is -2.52. The molecule has 0 atom stereocenters. The van der Waals surface area contributed by atoms with Gasteiger partial charge in [0.1, 0.15) is 11.7 Å². The van der Waals surface area contributed by atoms with E-state index in [1.54, 1.807) is 0 Å². The fourth-order valence-electron chi connectivity index (χ4n) is 4.35. The Morgan fingerprint density at radius 2 is 0.811 bits per heavy atom. The Bertz CT molecular complexity index is 1270. The quantitative estimate of drug-likeness (QED) is 0.159. The molecule has 4 nitrogen and oxygen atoms in total. The van der Waals surface area contributed by atoms with Crippen LogP contribution in [0, 0.1) is 27.7 Å². The fourth-order valence-corrected chi connectivity index (χ4v) is 5.87. The maximum absolute atomic E-state index is 5.32. The molecule has 4 aromatic rings. The molecule has 0 radical (unpaired) electrons. The van der Waals surface area contributed by atoms with Gasteiger partial charge in [-0.2, -0.15) is 0 Å². The van der Waals surface area contributed by atoms with E-state index in [4.69, 9.17) is 9.32 Å². The fraction of sp³-hybridized carbons (Fsp3) is 0.188. The molecule has 0 unspecified atom stereocenters. The van der Waals surface area contributed by atoms with Crippen molar-refractivity contribution in [3.8, 4) is 0 Å². The van der Waals surface area contributed by atoms with E-state index in [0.717, 1.165) is 34.2 Å². The molecule has 0 saturated heterocycles. The van der Waals surface area contributed by atoms with E-state index in [-0.39, 0.29) is 0 Å². The maximum atomic E-state index is 5.32. The number of hydrogen-bond donors (Lipinski definition) is 2. The van der Waals surface area contributed by atoms with Gasteiger partial charge in [0, 0.05) is 22.5 Å². The van der Waals surface area contributed by atoms with E-state index in [0.29, 0.717) is 0 Å². The lowest BCUT2D eigenvalue weighted by Crippen LogP contribution is -2.30. The van der Waals surface area contributed by atoms with Crippen molar-refractivity contribution in [2.45, 2.75) is 40.8 Å². The SMILES string of the molecule is Cc1cccc(C)c1NC(=N[Si](C)(C)N=C(Nc1c(C)cccc1C)c1ccccc1)c1ccccc1. The highest BCUT2D eigenvalue weighted by atomic mass is 28.3. The average Bonchev–Trinajstić information content (AvgIpc) is 2.88. The van der Waals surface area contributed by atoms with Crippen LogP contribution in [0.1, 0.15) is 33.4 Å². The van der Waals surface area contributed by atoms with Gasteiger partial charge in [-0.05, 0) is 63.0 Å². The molecular formula is C32H36N4Si. The molecule has 0 aliphatic rings. The van der Waals surface area contributed by atoms with Crippen molar-refractivity contribution in [3.05, 3.63) is 130 Å². The number of benzene rings is 4. The van der Waals surface area contributed by atoms with Crippen LogP contribution in [0.2, 0.25) is 13.1 Å². The summed E-state index contributed by atoms with van der Waals surface area (Å²) in [5.41, 5.74) is 9.03. The van der Waals surface area contributed by atoms with Gasteiger partial charge in [-0.3, -0.25) is 9.32 Å². The Labute approximate surface area is 222 Å². The maximum Gasteiger partial charge on any atom is 0.301 e. The molecule has 4 aromatic carbocycles. The minimum Gasteiger partial charge on any atom is -0.340 e. The summed E-state index contributed by atoms with van der Waals surface area (Å²) in [6.45, 7) is 12.9. The third-order valence-corrected chi connectivity index (χ3v) is 7.86. The van der Waals surface area contributed by atoms with Gasteiger partial charge in [-0.25, -0.2) is 0 Å². The van der Waals surface area contributed by atoms with Crippen molar-refractivity contribution in [3.63, 3.8) is 0 Å². The summed E-state index contributed by atoms with van der Waals surface area (Å²) in [6.07, 6.45) is 0. The molecular weight excluding hydrogens is 468 g/mol. The van der Waals surface area contributed by atoms with Crippen LogP contribution >= 0.6 is 0 Å². The Morgan fingerprint density at radius 3 is 1.14 bits per heavy atom. The molecule has 188 valence electrons. The van der Waals surface area contributed by atoms with Gasteiger partial charge in [-0.1, -0.05) is 97.1 Å². The third kappa shape index (κ3) is 6.63. The predicted octanol–water partition coefficient (Wildman–Crippen LogP) is 8.04. The molecule has 0 bridgehead atoms. The molecule has 4 rings (SSSR count). The predicted molar refractivity (Wildman–Crippen MR) is 163 cm³/mol. The van der Waals surface area contributed by atoms with Crippen LogP contribution < -0.4 is 10.6 Å². The highest BCUT2D eigenvalue weighted by Gasteiger charge is 2.24. The van der Waals surface area contributed by atoms with Crippen LogP contribution in [0.4, 0.5) is 11.4 Å². The molecule has 0 amide bonds. The molecule has 0 aliphatic carbocycles. The molecule has 5 heteroatoms. The topological polar surface area (TPSA) is 48.8 Å². The van der Waals surface area contributed by atoms with Crippen LogP contribution in [0.25, 0.3) is 0 Å². The zero-order chi connectivity index (χ0) is 26.4. The third-order valence-electron chi connectivity index (χ3n) is 6.31. The van der Waals surface area contributed by atoms with Crippen molar-refractivity contribution >= 4 is 31.4 Å². The number of hydrogen-bond acceptors (Lipinski definition) is 2. The summed E-state index contributed by atoms with van der Waals surface area (Å²) in [4.78, 5) is 0. The normalized spacial score (nSPS) is 12.4. The first-order valence-corrected chi connectivity index (χ1v) is 15.6. The van der Waals surface area contributed by atoms with Crippen molar-refractivity contribution in [2.24, 2.45) is 9.32 Å². The number of aryl methyl sites for hydroxylation is 4. The first-order valence-electron chi connectivity index (χ1n) is 12.7. The van der Waals surface area contributed by atoms with Gasteiger partial charge in [0.15, 0.2) is 0 Å². The number of nitrogens with zero attached hydrogens (tertiary/aromatic N) is 2. The highest BCUT2D eigenvalue weighted by Crippen LogP contribution is 2.24. The van der Waals surface area contributed by atoms with E-state index < -0.39 is 8.40 Å². The molecule has 37 heavy (non-hydrogen) atoms. The zero-order valence-electron chi connectivity index (χ0n) is 22.6. The number of anilines is 2. The standard InChI is InChI=1S/C32H36N4Si/c1-23-15-13-16-24(2)29(23)33-31(27-19-9-7-10-20-27)35-37(5,6)36-32(28-21-11-8-12-22-28)34-30-25(3)17-14-18-26(30)4/h7-22H,1-6H3,(H,33,35)(H,34,36). The highest BCUT2D eigenvalue weighted by molar-refractivity contribution is 6.76. The molecule has 2 N–H and O–H groups in total. The average molecular weight is 505 g/mol. The smallest absolute Gasteiger partial charge is 0.301 e. The van der Waals surface area contributed by atoms with Crippen LogP contribution in [0.5, 0.6) is 0 Å². The second kappa shape index (κ2) is 11.4. The summed E-state index contributed by atoms with van der Waals surface area (Å²) in [5.74, 6) is 1.69. The first-order chi connectivity index (χ1) is 17.7. The largest absolute Gasteiger partial charge is 0.340 e. The summed E-state index contributed by atoms with van der Waals surface area (Å²) < 4.78 is 10.6. The zero-order valence-corrected chi connectivity index (χ0v) is 23.6. The first kappa shape index (κ1) is 26.1. The van der Waals surface area contributed by atoms with Gasteiger partial charge in [-0.15, -0.1) is 0 Å². The lowest BCUT2D eigenvalue weighted by molar-refractivity contribution is 1.35. The molecule has 0 saturated carbocycles. The van der Waals surface area contributed by atoms with Crippen molar-refractivity contribution in [1.82, 2.24) is 0 Å². The van der Waals surface area contributed by atoms with Crippen LogP contribution in [0.15, 0.2) is 106 Å². The van der Waals surface area contributed by atoms with Crippen LogP contribution in [0.3, 0.4) is 0 Å². The number of para-hydroxylation sites is 2. The lowest BCUT2D eigenvalue weighted by Gasteiger charge is -2.22. The van der Waals surface area contributed by atoms with Crippen LogP contribution in [-0.4, -0.2) is 20.1 Å². The van der Waals surface area contributed by atoms with Gasteiger partial charge >= 0.3 is 8.40 Å². The number of nitrogens with one attached hydrogen (secondary N) is 2. The van der Waals surface area contributed by atoms with Crippen molar-refractivity contribution < 1.29 is 0 Å². The van der Waals surface area contributed by atoms with Crippen LogP contribution in [-0.2, 0) is 0 Å². The number of amidine groups is 2. The summed E-state index contributed by atoms with van der Waals surface area (Å²) in [7, 11) is -2.52. The van der Waals surface area contributed by atoms with E-state index in [9.17, 15) is 0 Å². The van der Waals surface area contributed by atoms with Gasteiger partial charge < -0.3 is 10.6 Å². The van der Waals surface area contributed by atoms with Gasteiger partial charge in [0.25, 0.3) is 0 Å². The van der Waals surface area contributed by atoms with E-state index >= 15 is 0 Å². The lowest BCUT2D eigenvalue weighted by atomic mass is 10.1. The van der Waals surface area contributed by atoms with E-state index in [1.807, 2.05) is 36.4 Å². The monoisotopic (exact) mass is 504 g/mol. The summed E-state index contributed by atoms with van der Waals surface area (Å²) >= 11 is 0. The molecule has 0 fully saturated rings. The Balaban J connectivity index is 1.81. The molecule has 0 spiro atoms. The number of rotatable bonds is 6. The molecule has 0 aliphatic heterocycles. The molecule has 0 aromatic heterocycles. The second-order valence-electron chi connectivity index (χ2n) is 9.93. The summed E-state index contributed by atoms with van der Waals surface area (Å²) in [5, 5.41) is 7.33. The van der Waals surface area contributed by atoms with E-state index in [2.05, 4.69) is 112 Å². The van der Waals surface area contributed by atoms with Crippen molar-refractivity contribution in [2.75, 3.05) is 10.6 Å². The van der Waals surface area contributed by atoms with Gasteiger partial charge in [0.2, 0.25) is 0 Å². The molecule has 0 heterocycles. The Kier molecular flexibility index (Phi) is 8.04. The summed E-state index contributed by atoms with van der Waals surface area (Å²) in [6, 6.07) is 33.3. The Hall–Kier alpha value is -3.96. The van der Waals surface area contributed by atoms with E-state index in [1.165, 1.54) is 22.3 Å². The Morgan fingerprint density at radius 1 is 0.486 bits per heavy atom. The minimum absolute atomic E-state index is 0.845. The van der Waals surface area contributed by atoms with Gasteiger partial charge in [0.05, 0.1) is 0 Å². The second-order valence-corrected chi connectivity index (χ2v) is 13.4.